The summed E-state index contributed by atoms with van der Waals surface area (Å²) in [7, 11) is 0. The summed E-state index contributed by atoms with van der Waals surface area (Å²) in [6.45, 7) is 2.01. The number of benzene rings is 2. The van der Waals surface area contributed by atoms with Crippen LogP contribution in [0.1, 0.15) is 18.9 Å². The third-order valence-electron chi connectivity index (χ3n) is 4.14. The van der Waals surface area contributed by atoms with Gasteiger partial charge in [0.1, 0.15) is 6.04 Å². The molecule has 1 atom stereocenters. The molecule has 1 aliphatic heterocycles. The maximum atomic E-state index is 12.3. The predicted octanol–water partition coefficient (Wildman–Crippen LogP) is 1.86. The number of carbonyl (C=O) groups excluding carboxylic acids is 2. The van der Waals surface area contributed by atoms with E-state index in [4.69, 9.17) is 5.73 Å². The Morgan fingerprint density at radius 1 is 1.14 bits per heavy atom. The first-order valence-corrected chi connectivity index (χ1v) is 8.98. The normalized spacial score (nSPS) is 16.3. The summed E-state index contributed by atoms with van der Waals surface area (Å²) in [4.78, 5) is 32.6. The molecule has 1 heterocycles. The summed E-state index contributed by atoms with van der Waals surface area (Å²) in [5.74, 6) is -0.500. The molecule has 8 heteroatoms. The number of rotatable bonds is 5. The molecule has 2 aromatic carbocycles. The minimum Gasteiger partial charge on any atom is -0.369 e. The van der Waals surface area contributed by atoms with E-state index < -0.39 is 6.04 Å². The van der Waals surface area contributed by atoms with Crippen LogP contribution in [-0.4, -0.2) is 29.8 Å². The molecule has 3 rings (SSSR count). The van der Waals surface area contributed by atoms with Gasteiger partial charge in [0.2, 0.25) is 17.8 Å². The van der Waals surface area contributed by atoms with Gasteiger partial charge in [-0.2, -0.15) is 4.99 Å². The Balaban J connectivity index is 1.61. The number of hydrogen-bond donors (Lipinski definition) is 4. The van der Waals surface area contributed by atoms with Crippen LogP contribution in [0.3, 0.4) is 0 Å². The largest absolute Gasteiger partial charge is 0.369 e. The van der Waals surface area contributed by atoms with Gasteiger partial charge < -0.3 is 16.4 Å². The molecular formula is C20H22N6O2. The second-order valence-electron chi connectivity index (χ2n) is 6.21. The van der Waals surface area contributed by atoms with Crippen molar-refractivity contribution in [3.63, 3.8) is 0 Å². The van der Waals surface area contributed by atoms with Gasteiger partial charge in [0.05, 0.1) is 6.42 Å². The Morgan fingerprint density at radius 3 is 2.61 bits per heavy atom. The molecule has 28 heavy (non-hydrogen) atoms. The Hall–Kier alpha value is -3.68. The van der Waals surface area contributed by atoms with E-state index >= 15 is 0 Å². The summed E-state index contributed by atoms with van der Waals surface area (Å²) in [6, 6.07) is 16.0. The van der Waals surface area contributed by atoms with Crippen LogP contribution in [-0.2, 0) is 16.0 Å². The summed E-state index contributed by atoms with van der Waals surface area (Å²) in [6.07, 6.45) is 0.722. The molecule has 0 spiro atoms. The highest BCUT2D eigenvalue weighted by Gasteiger charge is 2.28. The zero-order chi connectivity index (χ0) is 19.9. The summed E-state index contributed by atoms with van der Waals surface area (Å²) in [5, 5.41) is 8.27. The van der Waals surface area contributed by atoms with E-state index in [1.54, 1.807) is 0 Å². The van der Waals surface area contributed by atoms with Crippen molar-refractivity contribution in [1.29, 1.82) is 0 Å². The van der Waals surface area contributed by atoms with Crippen molar-refractivity contribution < 1.29 is 9.59 Å². The molecule has 0 saturated carbocycles. The maximum absolute atomic E-state index is 12.3. The number of nitrogens with zero attached hydrogens (tertiary/aromatic N) is 2. The lowest BCUT2D eigenvalue weighted by Gasteiger charge is -2.10. The van der Waals surface area contributed by atoms with Crippen LogP contribution in [0.15, 0.2) is 64.6 Å². The number of aryl methyl sites for hydroxylation is 1. The van der Waals surface area contributed by atoms with Crippen molar-refractivity contribution in [3.05, 3.63) is 60.2 Å². The smallest absolute Gasteiger partial charge is 0.252 e. The molecule has 1 aliphatic rings. The van der Waals surface area contributed by atoms with Gasteiger partial charge in [0, 0.05) is 11.4 Å². The number of guanidine groups is 2. The van der Waals surface area contributed by atoms with Crippen LogP contribution in [0.25, 0.3) is 0 Å². The second kappa shape index (κ2) is 8.81. The second-order valence-corrected chi connectivity index (χ2v) is 6.21. The van der Waals surface area contributed by atoms with Gasteiger partial charge in [0.25, 0.3) is 5.91 Å². The van der Waals surface area contributed by atoms with Crippen molar-refractivity contribution in [1.82, 2.24) is 5.32 Å². The average Bonchev–Trinajstić information content (AvgIpc) is 3.01. The monoisotopic (exact) mass is 378 g/mol. The van der Waals surface area contributed by atoms with E-state index in [-0.39, 0.29) is 30.2 Å². The summed E-state index contributed by atoms with van der Waals surface area (Å²) in [5.41, 5.74) is 8.37. The standard InChI is InChI=1S/C20H22N6O2/c1-2-13-8-6-7-11-15(13)23-17(27)12-16-18(28)25-20(24-16)26-19(21)22-14-9-4-3-5-10-14/h3-11,16H,2,12H2,1H3,(H,23,27)(H4,21,22,24,25,26,28)/t16-/m0/s1. The lowest BCUT2D eigenvalue weighted by Crippen LogP contribution is -2.32. The van der Waals surface area contributed by atoms with Crippen LogP contribution >= 0.6 is 0 Å². The van der Waals surface area contributed by atoms with Gasteiger partial charge in [-0.15, -0.1) is 0 Å². The highest BCUT2D eigenvalue weighted by Crippen LogP contribution is 2.16. The first-order valence-electron chi connectivity index (χ1n) is 8.98. The third-order valence-corrected chi connectivity index (χ3v) is 4.14. The SMILES string of the molecule is CCc1ccccc1NC(=O)C[C@@H]1N=C(N=C(N)Nc2ccccc2)NC1=O. The number of nitrogens with two attached hydrogens (primary N) is 1. The van der Waals surface area contributed by atoms with Crippen LogP contribution in [0.4, 0.5) is 11.4 Å². The minimum atomic E-state index is -0.836. The summed E-state index contributed by atoms with van der Waals surface area (Å²) < 4.78 is 0. The van der Waals surface area contributed by atoms with E-state index in [1.807, 2.05) is 61.5 Å². The Kier molecular flexibility index (Phi) is 6.01. The molecule has 0 bridgehead atoms. The number of nitrogens with one attached hydrogen (secondary N) is 3. The first-order chi connectivity index (χ1) is 13.5. The van der Waals surface area contributed by atoms with Crippen LogP contribution in [0.5, 0.6) is 0 Å². The van der Waals surface area contributed by atoms with E-state index in [1.165, 1.54) is 0 Å². The summed E-state index contributed by atoms with van der Waals surface area (Å²) >= 11 is 0. The fourth-order valence-electron chi connectivity index (χ4n) is 2.77. The lowest BCUT2D eigenvalue weighted by molar-refractivity contribution is -0.123. The van der Waals surface area contributed by atoms with E-state index in [2.05, 4.69) is 25.9 Å². The number of para-hydroxylation sites is 2. The van der Waals surface area contributed by atoms with Crippen LogP contribution in [0, 0.1) is 0 Å². The van der Waals surface area contributed by atoms with Crippen molar-refractivity contribution in [2.45, 2.75) is 25.8 Å². The van der Waals surface area contributed by atoms with Gasteiger partial charge in [-0.25, -0.2) is 4.99 Å². The van der Waals surface area contributed by atoms with Crippen molar-refractivity contribution in [2.24, 2.45) is 15.7 Å². The first kappa shape index (κ1) is 19.1. The number of aliphatic imine (C=N–C) groups is 2. The highest BCUT2D eigenvalue weighted by molar-refractivity contribution is 6.11. The number of anilines is 2. The highest BCUT2D eigenvalue weighted by atomic mass is 16.2. The number of hydrogen-bond acceptors (Lipinski definition) is 4. The van der Waals surface area contributed by atoms with Crippen LogP contribution in [0.2, 0.25) is 0 Å². The minimum absolute atomic E-state index is 0.0745. The topological polar surface area (TPSA) is 121 Å². The van der Waals surface area contributed by atoms with Gasteiger partial charge >= 0.3 is 0 Å². The van der Waals surface area contributed by atoms with Gasteiger partial charge in [-0.1, -0.05) is 43.3 Å². The fourth-order valence-corrected chi connectivity index (χ4v) is 2.77. The Labute approximate surface area is 163 Å². The van der Waals surface area contributed by atoms with Gasteiger partial charge in [0.15, 0.2) is 0 Å². The van der Waals surface area contributed by atoms with Gasteiger partial charge in [-0.05, 0) is 30.2 Å². The molecule has 2 aromatic rings. The van der Waals surface area contributed by atoms with Crippen molar-refractivity contribution >= 4 is 35.1 Å². The van der Waals surface area contributed by atoms with Crippen molar-refractivity contribution in [3.8, 4) is 0 Å². The Morgan fingerprint density at radius 2 is 1.86 bits per heavy atom. The lowest BCUT2D eigenvalue weighted by atomic mass is 10.1. The molecule has 0 unspecified atom stereocenters. The van der Waals surface area contributed by atoms with Gasteiger partial charge in [-0.3, -0.25) is 14.9 Å². The third kappa shape index (κ3) is 4.94. The molecule has 144 valence electrons. The molecular weight excluding hydrogens is 356 g/mol. The maximum Gasteiger partial charge on any atom is 0.252 e. The molecule has 2 amide bonds. The van der Waals surface area contributed by atoms with E-state index in [9.17, 15) is 9.59 Å². The molecule has 8 nitrogen and oxygen atoms in total. The fraction of sp³-hybridized carbons (Fsp3) is 0.200. The van der Waals surface area contributed by atoms with Crippen molar-refractivity contribution in [2.75, 3.05) is 10.6 Å². The zero-order valence-electron chi connectivity index (χ0n) is 15.5. The Bertz CT molecular complexity index is 923. The molecule has 0 radical (unpaired) electrons. The molecule has 5 N–H and O–H groups in total. The molecule has 0 fully saturated rings. The predicted molar refractivity (Wildman–Crippen MR) is 110 cm³/mol. The van der Waals surface area contributed by atoms with Crippen LogP contribution < -0.4 is 21.7 Å². The number of amides is 2. The van der Waals surface area contributed by atoms with E-state index in [0.717, 1.165) is 23.4 Å². The van der Waals surface area contributed by atoms with E-state index in [0.29, 0.717) is 0 Å². The molecule has 0 aliphatic carbocycles. The number of carbonyl (C=O) groups is 2. The quantitative estimate of drug-likeness (QED) is 0.469. The average molecular weight is 378 g/mol. The molecule has 0 saturated heterocycles. The zero-order valence-corrected chi connectivity index (χ0v) is 15.5. The molecule has 0 aromatic heterocycles.